The van der Waals surface area contributed by atoms with Crippen LogP contribution in [-0.2, 0) is 19.1 Å². The summed E-state index contributed by atoms with van der Waals surface area (Å²) in [4.78, 5) is 24.8. The highest BCUT2D eigenvalue weighted by molar-refractivity contribution is 9.11. The lowest BCUT2D eigenvalue weighted by Gasteiger charge is -2.34. The highest BCUT2D eigenvalue weighted by atomic mass is 79.9. The van der Waals surface area contributed by atoms with E-state index in [2.05, 4.69) is 37.6 Å². The number of hydrogen-bond acceptors (Lipinski definition) is 6. The van der Waals surface area contributed by atoms with Gasteiger partial charge < -0.3 is 19.9 Å². The number of halogens is 2. The largest absolute Gasteiger partial charge is 0.465 e. The van der Waals surface area contributed by atoms with E-state index in [1.165, 1.54) is 6.08 Å². The lowest BCUT2D eigenvalue weighted by atomic mass is 9.86. The lowest BCUT2D eigenvalue weighted by molar-refractivity contribution is -0.527. The SMILES string of the molecule is CCOC(=O)C1=Cc2cc(Br)cc(Br)c2O[C@@]1([NH3+])[C@H](C#N)C(=O)OCC. The summed E-state index contributed by atoms with van der Waals surface area (Å²) in [7, 11) is 0. The van der Waals surface area contributed by atoms with Crippen molar-refractivity contribution in [2.45, 2.75) is 19.6 Å². The van der Waals surface area contributed by atoms with Crippen LogP contribution >= 0.6 is 31.9 Å². The van der Waals surface area contributed by atoms with E-state index in [0.717, 1.165) is 4.47 Å². The van der Waals surface area contributed by atoms with Crippen LogP contribution in [0, 0.1) is 17.2 Å². The zero-order valence-corrected chi connectivity index (χ0v) is 17.3. The highest BCUT2D eigenvalue weighted by Crippen LogP contribution is 2.42. The van der Waals surface area contributed by atoms with Gasteiger partial charge in [0.05, 0.1) is 23.8 Å². The first-order valence-corrected chi connectivity index (χ1v) is 9.36. The van der Waals surface area contributed by atoms with Crippen molar-refractivity contribution in [2.75, 3.05) is 13.2 Å². The van der Waals surface area contributed by atoms with Crippen molar-refractivity contribution in [3.63, 3.8) is 0 Å². The van der Waals surface area contributed by atoms with E-state index in [1.54, 1.807) is 26.0 Å². The van der Waals surface area contributed by atoms with E-state index in [0.29, 0.717) is 15.8 Å². The second-order valence-corrected chi connectivity index (χ2v) is 7.16. The fourth-order valence-corrected chi connectivity index (χ4v) is 3.88. The standard InChI is InChI=1S/C17H16Br2N2O5/c1-3-24-15(22)11-6-9-5-10(18)7-13(19)14(9)26-17(11,21)12(8-20)16(23)25-4-2/h5-7,12H,3-4,21H2,1-2H3/p+1/t12-,17-/m1/s1. The number of nitriles is 1. The third-order valence-electron chi connectivity index (χ3n) is 3.69. The molecule has 138 valence electrons. The van der Waals surface area contributed by atoms with Gasteiger partial charge in [-0.25, -0.2) is 4.79 Å². The van der Waals surface area contributed by atoms with Gasteiger partial charge in [0.2, 0.25) is 5.92 Å². The molecule has 0 aliphatic carbocycles. The summed E-state index contributed by atoms with van der Waals surface area (Å²) in [5.41, 5.74) is 2.64. The topological polar surface area (TPSA) is 113 Å². The molecule has 2 rings (SSSR count). The van der Waals surface area contributed by atoms with Crippen LogP contribution in [0.2, 0.25) is 0 Å². The second-order valence-electron chi connectivity index (χ2n) is 5.39. The van der Waals surface area contributed by atoms with E-state index in [1.807, 2.05) is 6.07 Å². The summed E-state index contributed by atoms with van der Waals surface area (Å²) < 4.78 is 17.3. The van der Waals surface area contributed by atoms with Crippen molar-refractivity contribution in [3.05, 3.63) is 32.2 Å². The van der Waals surface area contributed by atoms with Crippen LogP contribution in [0.15, 0.2) is 26.7 Å². The normalized spacial score (nSPS) is 19.3. The third kappa shape index (κ3) is 3.77. The molecule has 0 saturated carbocycles. The van der Waals surface area contributed by atoms with Gasteiger partial charge in [-0.05, 0) is 48.0 Å². The van der Waals surface area contributed by atoms with Crippen LogP contribution in [-0.4, -0.2) is 30.9 Å². The Hall–Kier alpha value is -1.89. The molecule has 1 heterocycles. The van der Waals surface area contributed by atoms with Crippen molar-refractivity contribution in [1.29, 1.82) is 5.26 Å². The number of carbonyl (C=O) groups is 2. The second kappa shape index (κ2) is 8.20. The number of hydrogen-bond donors (Lipinski definition) is 1. The molecule has 0 saturated heterocycles. The van der Waals surface area contributed by atoms with Crippen LogP contribution in [0.5, 0.6) is 5.75 Å². The molecule has 9 heteroatoms. The molecule has 1 aromatic carbocycles. The average molecular weight is 489 g/mol. The molecule has 0 unspecified atom stereocenters. The molecule has 0 amide bonds. The fraction of sp³-hybridized carbons (Fsp3) is 0.353. The molecular formula is C17H17Br2N2O5+. The van der Waals surface area contributed by atoms with Crippen molar-refractivity contribution < 1.29 is 29.5 Å². The van der Waals surface area contributed by atoms with Crippen LogP contribution in [0.3, 0.4) is 0 Å². The maximum Gasteiger partial charge on any atom is 0.344 e. The van der Waals surface area contributed by atoms with Crippen molar-refractivity contribution in [1.82, 2.24) is 0 Å². The molecular weight excluding hydrogens is 472 g/mol. The highest BCUT2D eigenvalue weighted by Gasteiger charge is 2.56. The molecule has 0 aromatic heterocycles. The number of quaternary nitrogens is 1. The Labute approximate surface area is 167 Å². The van der Waals surface area contributed by atoms with Gasteiger partial charge in [-0.3, -0.25) is 4.79 Å². The summed E-state index contributed by atoms with van der Waals surface area (Å²) in [6, 6.07) is 5.34. The Balaban J connectivity index is 2.65. The molecule has 1 aromatic rings. The average Bonchev–Trinajstić information content (AvgIpc) is 2.56. The molecule has 7 nitrogen and oxygen atoms in total. The summed E-state index contributed by atoms with van der Waals surface area (Å²) >= 11 is 6.75. The Bertz CT molecular complexity index is 818. The number of rotatable bonds is 5. The predicted molar refractivity (Wildman–Crippen MR) is 98.4 cm³/mol. The molecule has 3 N–H and O–H groups in total. The van der Waals surface area contributed by atoms with E-state index >= 15 is 0 Å². The van der Waals surface area contributed by atoms with Gasteiger partial charge in [0.15, 0.2) is 0 Å². The van der Waals surface area contributed by atoms with Crippen molar-refractivity contribution in [2.24, 2.45) is 5.92 Å². The zero-order chi connectivity index (χ0) is 19.5. The van der Waals surface area contributed by atoms with E-state index in [4.69, 9.17) is 14.2 Å². The minimum atomic E-state index is -1.81. The summed E-state index contributed by atoms with van der Waals surface area (Å²) in [6.45, 7) is 3.48. The van der Waals surface area contributed by atoms with Gasteiger partial charge in [-0.2, -0.15) is 5.26 Å². The molecule has 0 radical (unpaired) electrons. The van der Waals surface area contributed by atoms with Crippen molar-refractivity contribution in [3.8, 4) is 11.8 Å². The molecule has 0 spiro atoms. The lowest BCUT2D eigenvalue weighted by Crippen LogP contribution is -2.82. The first-order chi connectivity index (χ1) is 12.3. The predicted octanol–water partition coefficient (Wildman–Crippen LogP) is 2.19. The van der Waals surface area contributed by atoms with Gasteiger partial charge in [-0.1, -0.05) is 15.9 Å². The summed E-state index contributed by atoms with van der Waals surface area (Å²) in [6.07, 6.45) is 1.52. The van der Waals surface area contributed by atoms with Crippen LogP contribution in [0.1, 0.15) is 19.4 Å². The minimum Gasteiger partial charge on any atom is -0.465 e. The number of benzene rings is 1. The Morgan fingerprint density at radius 2 is 1.96 bits per heavy atom. The van der Waals surface area contributed by atoms with Crippen LogP contribution in [0.25, 0.3) is 6.08 Å². The van der Waals surface area contributed by atoms with E-state index in [-0.39, 0.29) is 18.8 Å². The van der Waals surface area contributed by atoms with Gasteiger partial charge >= 0.3 is 11.9 Å². The van der Waals surface area contributed by atoms with Gasteiger partial charge in [0, 0.05) is 10.0 Å². The van der Waals surface area contributed by atoms with E-state index in [9.17, 15) is 14.9 Å². The van der Waals surface area contributed by atoms with Gasteiger partial charge in [0.25, 0.3) is 5.72 Å². The number of nitrogens with zero attached hydrogens (tertiary/aromatic N) is 1. The van der Waals surface area contributed by atoms with Gasteiger partial charge in [-0.15, -0.1) is 0 Å². The monoisotopic (exact) mass is 487 g/mol. The van der Waals surface area contributed by atoms with Crippen molar-refractivity contribution >= 4 is 49.9 Å². The smallest absolute Gasteiger partial charge is 0.344 e. The maximum atomic E-state index is 12.5. The Morgan fingerprint density at radius 3 is 2.54 bits per heavy atom. The number of ether oxygens (including phenoxy) is 3. The Morgan fingerprint density at radius 1 is 1.31 bits per heavy atom. The van der Waals surface area contributed by atoms with E-state index < -0.39 is 23.6 Å². The minimum absolute atomic E-state index is 0.0311. The third-order valence-corrected chi connectivity index (χ3v) is 4.74. The zero-order valence-electron chi connectivity index (χ0n) is 14.2. The summed E-state index contributed by atoms with van der Waals surface area (Å²) in [5, 5.41) is 9.56. The molecule has 0 bridgehead atoms. The van der Waals surface area contributed by atoms with Gasteiger partial charge in [0.1, 0.15) is 11.3 Å². The maximum absolute atomic E-state index is 12.5. The first-order valence-electron chi connectivity index (χ1n) is 7.77. The summed E-state index contributed by atoms with van der Waals surface area (Å²) in [5.74, 6) is -2.63. The Kier molecular flexibility index (Phi) is 6.44. The van der Waals surface area contributed by atoms with Crippen LogP contribution < -0.4 is 10.5 Å². The molecule has 1 aliphatic rings. The fourth-order valence-electron chi connectivity index (χ4n) is 2.54. The number of esters is 2. The molecule has 1 aliphatic heterocycles. The molecule has 26 heavy (non-hydrogen) atoms. The van der Waals surface area contributed by atoms with Crippen LogP contribution in [0.4, 0.5) is 0 Å². The number of carbonyl (C=O) groups excluding carboxylic acids is 2. The first kappa shape index (κ1) is 20.4. The molecule has 2 atom stereocenters. The number of fused-ring (bicyclic) bond motifs is 1. The quantitative estimate of drug-likeness (QED) is 0.635. The molecule has 0 fully saturated rings.